The van der Waals surface area contributed by atoms with Crippen LogP contribution in [0.4, 0.5) is 0 Å². The van der Waals surface area contributed by atoms with E-state index < -0.39 is 23.0 Å². The van der Waals surface area contributed by atoms with Crippen LogP contribution in [-0.2, 0) is 36.7 Å². The summed E-state index contributed by atoms with van der Waals surface area (Å²) in [7, 11) is 0. The molecule has 0 saturated heterocycles. The second kappa shape index (κ2) is 15.3. The molecule has 2 aromatic carbocycles. The number of hydrogen-bond donors (Lipinski definition) is 0. The third kappa shape index (κ3) is 9.79. The molecule has 0 amide bonds. The van der Waals surface area contributed by atoms with Crippen LogP contribution in [0.1, 0.15) is 71.4 Å². The molecular formula is C36H42O8. The number of carbonyl (C=O) groups excluding carboxylic acids is 3. The molecule has 0 aliphatic rings. The van der Waals surface area contributed by atoms with Crippen LogP contribution in [0, 0.1) is 5.41 Å². The molecular weight excluding hydrogens is 560 g/mol. The van der Waals surface area contributed by atoms with Gasteiger partial charge in [-0.05, 0) is 120 Å². The normalized spacial score (nSPS) is 11.2. The zero-order valence-electron chi connectivity index (χ0n) is 26.4. The summed E-state index contributed by atoms with van der Waals surface area (Å²) in [6.07, 6.45) is 4.44. The van der Waals surface area contributed by atoms with E-state index in [2.05, 4.69) is 13.2 Å². The summed E-state index contributed by atoms with van der Waals surface area (Å²) in [6, 6.07) is 12.4. The molecule has 234 valence electrons. The molecule has 0 unspecified atom stereocenters. The number of carbonyl (C=O) groups is 3. The molecule has 0 N–H and O–H groups in total. The van der Waals surface area contributed by atoms with Crippen molar-refractivity contribution in [3.05, 3.63) is 88.3 Å². The predicted octanol–water partition coefficient (Wildman–Crippen LogP) is 7.30. The Kier molecular flexibility index (Phi) is 11.9. The summed E-state index contributed by atoms with van der Waals surface area (Å²) >= 11 is 0. The average molecular weight is 603 g/mol. The maximum Gasteiger partial charge on any atom is 0.344 e. The van der Waals surface area contributed by atoms with Crippen LogP contribution in [-0.4, -0.2) is 31.1 Å². The molecule has 0 aliphatic carbocycles. The Morgan fingerprint density at radius 3 is 1.91 bits per heavy atom. The molecule has 0 atom stereocenters. The van der Waals surface area contributed by atoms with Gasteiger partial charge in [0, 0.05) is 16.5 Å². The zero-order chi connectivity index (χ0) is 32.4. The van der Waals surface area contributed by atoms with Gasteiger partial charge in [0.15, 0.2) is 0 Å². The van der Waals surface area contributed by atoms with Crippen molar-refractivity contribution in [2.24, 2.45) is 5.41 Å². The van der Waals surface area contributed by atoms with E-state index in [4.69, 9.17) is 18.6 Å². The molecule has 0 fully saturated rings. The first-order chi connectivity index (χ1) is 20.8. The monoisotopic (exact) mass is 602 g/mol. The zero-order valence-corrected chi connectivity index (χ0v) is 26.4. The van der Waals surface area contributed by atoms with Crippen molar-refractivity contribution in [2.75, 3.05) is 13.2 Å². The summed E-state index contributed by atoms with van der Waals surface area (Å²) in [5.41, 5.74) is 3.31. The van der Waals surface area contributed by atoms with Crippen LogP contribution >= 0.6 is 0 Å². The second-order valence-corrected chi connectivity index (χ2v) is 12.0. The summed E-state index contributed by atoms with van der Waals surface area (Å²) < 4.78 is 21.7. The Morgan fingerprint density at radius 2 is 1.34 bits per heavy atom. The summed E-state index contributed by atoms with van der Waals surface area (Å²) in [6.45, 7) is 16.5. The van der Waals surface area contributed by atoms with Gasteiger partial charge in [0.1, 0.15) is 11.3 Å². The van der Waals surface area contributed by atoms with Crippen LogP contribution in [0.3, 0.4) is 0 Å². The van der Waals surface area contributed by atoms with Gasteiger partial charge in [-0.15, -0.1) is 0 Å². The molecule has 0 spiro atoms. The Hall–Kier alpha value is -4.46. The Bertz CT molecular complexity index is 1590. The molecule has 0 saturated carbocycles. The first-order valence-corrected chi connectivity index (χ1v) is 14.8. The highest BCUT2D eigenvalue weighted by atomic mass is 16.5. The maximum absolute atomic E-state index is 13.0. The maximum atomic E-state index is 13.0. The lowest BCUT2D eigenvalue weighted by atomic mass is 9.95. The molecule has 44 heavy (non-hydrogen) atoms. The average Bonchev–Trinajstić information content (AvgIpc) is 2.96. The van der Waals surface area contributed by atoms with Gasteiger partial charge in [-0.2, -0.15) is 0 Å². The molecule has 8 nitrogen and oxygen atoms in total. The highest BCUT2D eigenvalue weighted by molar-refractivity contribution is 5.89. The van der Waals surface area contributed by atoms with Gasteiger partial charge in [-0.1, -0.05) is 25.3 Å². The van der Waals surface area contributed by atoms with Crippen molar-refractivity contribution < 1.29 is 33.0 Å². The lowest BCUT2D eigenvalue weighted by Crippen LogP contribution is -2.23. The molecule has 8 heteroatoms. The molecule has 3 rings (SSSR count). The van der Waals surface area contributed by atoms with Gasteiger partial charge in [-0.25, -0.2) is 14.4 Å². The third-order valence-electron chi connectivity index (χ3n) is 6.89. The van der Waals surface area contributed by atoms with Crippen molar-refractivity contribution in [3.63, 3.8) is 0 Å². The number of benzene rings is 2. The summed E-state index contributed by atoms with van der Waals surface area (Å²) in [5, 5.41) is 0.783. The van der Waals surface area contributed by atoms with E-state index in [0.717, 1.165) is 35.8 Å². The van der Waals surface area contributed by atoms with E-state index in [0.29, 0.717) is 60.5 Å². The fourth-order valence-corrected chi connectivity index (χ4v) is 4.32. The Balaban J connectivity index is 1.81. The molecule has 3 aromatic rings. The van der Waals surface area contributed by atoms with Gasteiger partial charge < -0.3 is 18.6 Å². The molecule has 0 radical (unpaired) electrons. The number of aryl methyl sites for hydroxylation is 2. The molecule has 1 heterocycles. The minimum atomic E-state index is -0.540. The van der Waals surface area contributed by atoms with Crippen LogP contribution in [0.15, 0.2) is 76.0 Å². The van der Waals surface area contributed by atoms with E-state index >= 15 is 0 Å². The van der Waals surface area contributed by atoms with E-state index in [1.807, 2.05) is 39.0 Å². The highest BCUT2D eigenvalue weighted by Gasteiger charge is 2.22. The smallest absolute Gasteiger partial charge is 0.344 e. The summed E-state index contributed by atoms with van der Waals surface area (Å²) in [5.74, 6) is -0.794. The van der Waals surface area contributed by atoms with Crippen molar-refractivity contribution >= 4 is 28.9 Å². The van der Waals surface area contributed by atoms with Gasteiger partial charge >= 0.3 is 23.5 Å². The predicted molar refractivity (Wildman–Crippen MR) is 170 cm³/mol. The van der Waals surface area contributed by atoms with Crippen LogP contribution in [0.25, 0.3) is 22.1 Å². The number of ether oxygens (including phenoxy) is 3. The van der Waals surface area contributed by atoms with E-state index in [-0.39, 0.29) is 11.5 Å². The Labute approximate surface area is 258 Å². The number of hydrogen-bond acceptors (Lipinski definition) is 8. The fourth-order valence-electron chi connectivity index (χ4n) is 4.32. The van der Waals surface area contributed by atoms with Crippen LogP contribution in [0.2, 0.25) is 0 Å². The lowest BCUT2D eigenvalue weighted by molar-refractivity contribution is -0.153. The van der Waals surface area contributed by atoms with Crippen LogP contribution < -0.4 is 10.4 Å². The molecule has 0 aliphatic heterocycles. The number of unbranched alkanes of at least 4 members (excludes halogenated alkanes) is 2. The first kappa shape index (κ1) is 34.0. The minimum absolute atomic E-state index is 0.221. The van der Waals surface area contributed by atoms with Crippen molar-refractivity contribution in [3.8, 4) is 16.9 Å². The second-order valence-electron chi connectivity index (χ2n) is 12.0. The van der Waals surface area contributed by atoms with Gasteiger partial charge in [0.05, 0.1) is 24.2 Å². The highest BCUT2D eigenvalue weighted by Crippen LogP contribution is 2.27. The third-order valence-corrected chi connectivity index (χ3v) is 6.89. The topological polar surface area (TPSA) is 109 Å². The largest absolute Gasteiger partial charge is 0.465 e. The number of rotatable bonds is 14. The van der Waals surface area contributed by atoms with E-state index in [1.54, 1.807) is 38.1 Å². The van der Waals surface area contributed by atoms with E-state index in [9.17, 15) is 19.2 Å². The number of fused-ring (bicyclic) bond motifs is 1. The van der Waals surface area contributed by atoms with Gasteiger partial charge in [0.25, 0.3) is 0 Å². The van der Waals surface area contributed by atoms with Crippen molar-refractivity contribution in [1.82, 2.24) is 0 Å². The number of esters is 3. The summed E-state index contributed by atoms with van der Waals surface area (Å²) in [4.78, 5) is 48.6. The van der Waals surface area contributed by atoms with Crippen molar-refractivity contribution in [2.45, 2.75) is 73.1 Å². The SMILES string of the molecule is C=C(C)C(=O)OCCCCc1cc2oc(=O)c(-c3ccc(OC(=O)C(=C)C)cc3)cc2cc1CCCCOC(=O)C(C)(C)C. The van der Waals surface area contributed by atoms with Crippen molar-refractivity contribution in [1.29, 1.82) is 0 Å². The minimum Gasteiger partial charge on any atom is -0.465 e. The van der Waals surface area contributed by atoms with Gasteiger partial charge in [-0.3, -0.25) is 4.79 Å². The first-order valence-electron chi connectivity index (χ1n) is 14.8. The fraction of sp³-hybridized carbons (Fsp3) is 0.389. The molecule has 1 aromatic heterocycles. The lowest BCUT2D eigenvalue weighted by Gasteiger charge is -2.16. The quantitative estimate of drug-likeness (QED) is 0.0622. The van der Waals surface area contributed by atoms with Gasteiger partial charge in [0.2, 0.25) is 0 Å². The molecule has 0 bridgehead atoms. The van der Waals surface area contributed by atoms with E-state index in [1.165, 1.54) is 0 Å². The standard InChI is InChI=1S/C36H42O8/c1-23(2)32(37)41-18-10-8-13-27-22-31-28(20-26(27)12-9-11-19-42-35(40)36(5,6)7)21-30(34(39)44-31)25-14-16-29(17-15-25)43-33(38)24(3)4/h14-17,20-22H,1,3,8-13,18-19H2,2,4-7H3. The van der Waals surface area contributed by atoms with Crippen LogP contribution in [0.5, 0.6) is 5.75 Å². The Morgan fingerprint density at radius 1 is 0.773 bits per heavy atom.